The summed E-state index contributed by atoms with van der Waals surface area (Å²) in [7, 11) is 0. The summed E-state index contributed by atoms with van der Waals surface area (Å²) in [5, 5.41) is 12.2. The summed E-state index contributed by atoms with van der Waals surface area (Å²) in [6.45, 7) is 5.16. The van der Waals surface area contributed by atoms with Gasteiger partial charge in [-0.1, -0.05) is 0 Å². The molecule has 0 aliphatic carbocycles. The Morgan fingerprint density at radius 3 is 2.74 bits per heavy atom. The number of rotatable bonds is 3. The Bertz CT molecular complexity index is 989. The molecule has 3 aromatic heterocycles. The van der Waals surface area contributed by atoms with Crippen molar-refractivity contribution in [1.29, 1.82) is 0 Å². The summed E-state index contributed by atoms with van der Waals surface area (Å²) < 4.78 is 2.04. The van der Waals surface area contributed by atoms with Crippen molar-refractivity contribution in [2.45, 2.75) is 38.8 Å². The quantitative estimate of drug-likeness (QED) is 0.768. The standard InChI is InChI=1S/C20H23N5O2/c1-14-17(11-22-15(2)23-14)19(26)24-9-5-20(27,6-10-24)13-25-8-4-16-3-7-21-12-18(16)25/h3-4,7-8,11-12,27H,5-6,9-10,13H2,1-2H3. The Balaban J connectivity index is 1.45. The van der Waals surface area contributed by atoms with Crippen molar-refractivity contribution in [1.82, 2.24) is 24.4 Å². The van der Waals surface area contributed by atoms with Crippen LogP contribution in [0.25, 0.3) is 10.9 Å². The molecule has 1 amide bonds. The van der Waals surface area contributed by atoms with Gasteiger partial charge in [0, 0.05) is 37.1 Å². The molecule has 0 radical (unpaired) electrons. The maximum absolute atomic E-state index is 12.8. The lowest BCUT2D eigenvalue weighted by molar-refractivity contribution is -0.0284. The fraction of sp³-hybridized carbons (Fsp3) is 0.400. The van der Waals surface area contributed by atoms with Gasteiger partial charge in [-0.05, 0) is 38.8 Å². The van der Waals surface area contributed by atoms with E-state index in [1.54, 1.807) is 17.3 Å². The minimum Gasteiger partial charge on any atom is -0.388 e. The van der Waals surface area contributed by atoms with Crippen LogP contribution in [0.15, 0.2) is 36.9 Å². The maximum Gasteiger partial charge on any atom is 0.257 e. The third-order valence-corrected chi connectivity index (χ3v) is 5.35. The lowest BCUT2D eigenvalue weighted by Gasteiger charge is -2.38. The Hall–Kier alpha value is -2.80. The van der Waals surface area contributed by atoms with Crippen molar-refractivity contribution in [3.63, 3.8) is 0 Å². The third-order valence-electron chi connectivity index (χ3n) is 5.35. The van der Waals surface area contributed by atoms with Gasteiger partial charge >= 0.3 is 0 Å². The number of carbonyl (C=O) groups is 1. The van der Waals surface area contributed by atoms with Gasteiger partial charge in [0.05, 0.1) is 35.1 Å². The van der Waals surface area contributed by atoms with E-state index in [9.17, 15) is 9.90 Å². The minimum atomic E-state index is -0.836. The molecule has 1 N–H and O–H groups in total. The first kappa shape index (κ1) is 17.6. The first-order valence-corrected chi connectivity index (χ1v) is 9.16. The molecule has 4 rings (SSSR count). The maximum atomic E-state index is 12.8. The molecule has 140 valence electrons. The summed E-state index contributed by atoms with van der Waals surface area (Å²) in [6.07, 6.45) is 8.23. The Morgan fingerprint density at radius 2 is 2.00 bits per heavy atom. The topological polar surface area (TPSA) is 84.1 Å². The van der Waals surface area contributed by atoms with Gasteiger partial charge in [0.1, 0.15) is 5.82 Å². The Labute approximate surface area is 157 Å². The van der Waals surface area contributed by atoms with Crippen LogP contribution in [0.1, 0.15) is 34.7 Å². The predicted octanol–water partition coefficient (Wildman–Crippen LogP) is 2.11. The molecule has 4 heterocycles. The van der Waals surface area contributed by atoms with Crippen LogP contribution in [0.4, 0.5) is 0 Å². The molecule has 27 heavy (non-hydrogen) atoms. The second-order valence-corrected chi connectivity index (χ2v) is 7.31. The second-order valence-electron chi connectivity index (χ2n) is 7.31. The number of amides is 1. The zero-order chi connectivity index (χ0) is 19.0. The lowest BCUT2D eigenvalue weighted by Crippen LogP contribution is -2.48. The van der Waals surface area contributed by atoms with Gasteiger partial charge in [0.2, 0.25) is 0 Å². The average molecular weight is 365 g/mol. The molecule has 3 aromatic rings. The monoisotopic (exact) mass is 365 g/mol. The minimum absolute atomic E-state index is 0.0647. The van der Waals surface area contributed by atoms with Crippen molar-refractivity contribution in [2.75, 3.05) is 13.1 Å². The number of pyridine rings is 1. The highest BCUT2D eigenvalue weighted by Gasteiger charge is 2.35. The summed E-state index contributed by atoms with van der Waals surface area (Å²) in [5.41, 5.74) is 1.40. The molecule has 0 bridgehead atoms. The highest BCUT2D eigenvalue weighted by Crippen LogP contribution is 2.27. The molecule has 7 heteroatoms. The highest BCUT2D eigenvalue weighted by atomic mass is 16.3. The van der Waals surface area contributed by atoms with E-state index in [-0.39, 0.29) is 5.91 Å². The molecule has 0 spiro atoms. The zero-order valence-electron chi connectivity index (χ0n) is 15.6. The van der Waals surface area contributed by atoms with Gasteiger partial charge in [-0.2, -0.15) is 0 Å². The van der Waals surface area contributed by atoms with Gasteiger partial charge in [0.25, 0.3) is 5.91 Å². The fourth-order valence-corrected chi connectivity index (χ4v) is 3.73. The summed E-state index contributed by atoms with van der Waals surface area (Å²) in [5.74, 6) is 0.593. The third kappa shape index (κ3) is 3.42. The van der Waals surface area contributed by atoms with Crippen molar-refractivity contribution in [3.05, 3.63) is 54.0 Å². The van der Waals surface area contributed by atoms with E-state index in [1.165, 1.54) is 0 Å². The number of carbonyl (C=O) groups excluding carboxylic acids is 1. The first-order chi connectivity index (χ1) is 13.0. The van der Waals surface area contributed by atoms with Crippen LogP contribution < -0.4 is 0 Å². The van der Waals surface area contributed by atoms with Crippen LogP contribution in [0.3, 0.4) is 0 Å². The van der Waals surface area contributed by atoms with Gasteiger partial charge < -0.3 is 14.6 Å². The Morgan fingerprint density at radius 1 is 1.22 bits per heavy atom. The molecule has 0 unspecified atom stereocenters. The number of fused-ring (bicyclic) bond motifs is 1. The highest BCUT2D eigenvalue weighted by molar-refractivity contribution is 5.95. The Kier molecular flexibility index (Phi) is 4.39. The largest absolute Gasteiger partial charge is 0.388 e. The van der Waals surface area contributed by atoms with Crippen LogP contribution in [0.5, 0.6) is 0 Å². The molecular weight excluding hydrogens is 342 g/mol. The molecule has 1 aliphatic heterocycles. The molecule has 0 aromatic carbocycles. The molecule has 1 fully saturated rings. The summed E-state index contributed by atoms with van der Waals surface area (Å²) in [6, 6.07) is 3.99. The zero-order valence-corrected chi connectivity index (χ0v) is 15.6. The number of likely N-dealkylation sites (tertiary alicyclic amines) is 1. The van der Waals surface area contributed by atoms with Crippen LogP contribution >= 0.6 is 0 Å². The first-order valence-electron chi connectivity index (χ1n) is 9.16. The smallest absolute Gasteiger partial charge is 0.257 e. The van der Waals surface area contributed by atoms with Gasteiger partial charge in [0.15, 0.2) is 0 Å². The van der Waals surface area contributed by atoms with E-state index in [2.05, 4.69) is 15.0 Å². The summed E-state index contributed by atoms with van der Waals surface area (Å²) in [4.78, 5) is 27.2. The van der Waals surface area contributed by atoms with Crippen molar-refractivity contribution in [3.8, 4) is 0 Å². The molecule has 1 saturated heterocycles. The van der Waals surface area contributed by atoms with E-state index in [0.29, 0.717) is 49.6 Å². The molecule has 0 atom stereocenters. The predicted molar refractivity (Wildman–Crippen MR) is 101 cm³/mol. The normalized spacial score (nSPS) is 16.6. The molecule has 1 aliphatic rings. The van der Waals surface area contributed by atoms with Crippen LogP contribution in [0.2, 0.25) is 0 Å². The van der Waals surface area contributed by atoms with Crippen molar-refractivity contribution in [2.24, 2.45) is 0 Å². The van der Waals surface area contributed by atoms with Gasteiger partial charge in [-0.3, -0.25) is 9.78 Å². The van der Waals surface area contributed by atoms with Gasteiger partial charge in [-0.15, -0.1) is 0 Å². The fourth-order valence-electron chi connectivity index (χ4n) is 3.73. The van der Waals surface area contributed by atoms with Crippen LogP contribution in [-0.4, -0.2) is 54.1 Å². The number of aromatic nitrogens is 4. The SMILES string of the molecule is Cc1ncc(C(=O)N2CCC(O)(Cn3ccc4ccncc43)CC2)c(C)n1. The van der Waals surface area contributed by atoms with Crippen LogP contribution in [-0.2, 0) is 6.54 Å². The van der Waals surface area contributed by atoms with E-state index in [4.69, 9.17) is 0 Å². The molecule has 0 saturated carbocycles. The van der Waals surface area contributed by atoms with Gasteiger partial charge in [-0.25, -0.2) is 9.97 Å². The molecular formula is C20H23N5O2. The average Bonchev–Trinajstić information content (AvgIpc) is 3.04. The molecule has 7 nitrogen and oxygen atoms in total. The van der Waals surface area contributed by atoms with E-state index >= 15 is 0 Å². The number of hydrogen-bond acceptors (Lipinski definition) is 5. The van der Waals surface area contributed by atoms with Crippen molar-refractivity contribution >= 4 is 16.8 Å². The van der Waals surface area contributed by atoms with Crippen molar-refractivity contribution < 1.29 is 9.90 Å². The number of aryl methyl sites for hydroxylation is 2. The second kappa shape index (κ2) is 6.74. The van der Waals surface area contributed by atoms with E-state index in [1.807, 2.05) is 42.9 Å². The number of hydrogen-bond donors (Lipinski definition) is 1. The van der Waals surface area contributed by atoms with E-state index in [0.717, 1.165) is 10.9 Å². The van der Waals surface area contributed by atoms with E-state index < -0.39 is 5.60 Å². The number of aliphatic hydroxyl groups is 1. The number of piperidine rings is 1. The number of nitrogens with zero attached hydrogens (tertiary/aromatic N) is 5. The lowest BCUT2D eigenvalue weighted by atomic mass is 9.91. The van der Waals surface area contributed by atoms with Crippen LogP contribution in [0, 0.1) is 13.8 Å². The summed E-state index contributed by atoms with van der Waals surface area (Å²) >= 11 is 0.